The Morgan fingerprint density at radius 1 is 0.929 bits per heavy atom. The van der Waals surface area contributed by atoms with Gasteiger partial charge in [0.2, 0.25) is 0 Å². The van der Waals surface area contributed by atoms with Crippen LogP contribution in [0.25, 0.3) is 0 Å². The summed E-state index contributed by atoms with van der Waals surface area (Å²) in [5, 5.41) is 1.11. The highest BCUT2D eigenvalue weighted by Gasteiger charge is 2.13. The zero-order valence-electron chi connectivity index (χ0n) is 15.8. The van der Waals surface area contributed by atoms with E-state index in [1.807, 2.05) is 74.5 Å². The van der Waals surface area contributed by atoms with Crippen LogP contribution >= 0.6 is 23.2 Å². The fourth-order valence-electron chi connectivity index (χ4n) is 2.61. The number of rotatable bonds is 7. The summed E-state index contributed by atoms with van der Waals surface area (Å²) in [6.45, 7) is 4.76. The van der Waals surface area contributed by atoms with Gasteiger partial charge in [-0.15, -0.1) is 0 Å². The maximum atomic E-state index is 6.48. The smallest absolute Gasteiger partial charge is 0.180 e. The van der Waals surface area contributed by atoms with Gasteiger partial charge in [0.25, 0.3) is 0 Å². The Kier molecular flexibility index (Phi) is 6.96. The molecular formula is C23H21Cl2NO2. The number of ether oxygens (including phenoxy) is 2. The van der Waals surface area contributed by atoms with E-state index < -0.39 is 0 Å². The monoisotopic (exact) mass is 413 g/mol. The average Bonchev–Trinajstić information content (AvgIpc) is 2.68. The van der Waals surface area contributed by atoms with Crippen molar-refractivity contribution in [3.05, 3.63) is 87.4 Å². The molecule has 0 bridgehead atoms. The van der Waals surface area contributed by atoms with Gasteiger partial charge in [-0.1, -0.05) is 59.1 Å². The van der Waals surface area contributed by atoms with Crippen molar-refractivity contribution in [1.29, 1.82) is 0 Å². The third kappa shape index (κ3) is 5.28. The van der Waals surface area contributed by atoms with E-state index in [1.54, 1.807) is 6.21 Å². The molecule has 0 atom stereocenters. The molecule has 0 heterocycles. The van der Waals surface area contributed by atoms with E-state index in [-0.39, 0.29) is 0 Å². The standard InChI is InChI=1S/C23H21Cl2NO2/c1-3-27-22-13-17(14-26-19-10-8-16(2)9-11-19)12-21(25)23(22)28-15-18-6-4-5-7-20(18)24/h4-14H,3,15H2,1-2H3. The van der Waals surface area contributed by atoms with Crippen LogP contribution in [0.2, 0.25) is 10.0 Å². The normalized spacial score (nSPS) is 11.0. The molecule has 0 aromatic heterocycles. The van der Waals surface area contributed by atoms with Crippen LogP contribution in [0.4, 0.5) is 5.69 Å². The van der Waals surface area contributed by atoms with Gasteiger partial charge in [-0.25, -0.2) is 0 Å². The maximum absolute atomic E-state index is 6.48. The second-order valence-corrected chi connectivity index (χ2v) is 7.05. The number of nitrogens with zero attached hydrogens (tertiary/aromatic N) is 1. The van der Waals surface area contributed by atoms with Crippen molar-refractivity contribution in [2.45, 2.75) is 20.5 Å². The van der Waals surface area contributed by atoms with Gasteiger partial charge in [0.05, 0.1) is 17.3 Å². The van der Waals surface area contributed by atoms with Gasteiger partial charge >= 0.3 is 0 Å². The molecule has 0 saturated carbocycles. The van der Waals surface area contributed by atoms with Crippen LogP contribution < -0.4 is 9.47 Å². The maximum Gasteiger partial charge on any atom is 0.180 e. The minimum absolute atomic E-state index is 0.302. The molecule has 3 nitrogen and oxygen atoms in total. The predicted octanol–water partition coefficient (Wildman–Crippen LogP) is 7.03. The zero-order valence-corrected chi connectivity index (χ0v) is 17.3. The number of benzene rings is 3. The van der Waals surface area contributed by atoms with Crippen LogP contribution in [0.1, 0.15) is 23.6 Å². The fourth-order valence-corrected chi connectivity index (χ4v) is 3.07. The molecule has 0 amide bonds. The van der Waals surface area contributed by atoms with Crippen LogP contribution in [0.5, 0.6) is 11.5 Å². The molecular weight excluding hydrogens is 393 g/mol. The first-order chi connectivity index (χ1) is 13.6. The number of aryl methyl sites for hydroxylation is 1. The summed E-state index contributed by atoms with van der Waals surface area (Å²) in [6, 6.07) is 19.2. The summed E-state index contributed by atoms with van der Waals surface area (Å²) in [4.78, 5) is 4.50. The van der Waals surface area contributed by atoms with Crippen molar-refractivity contribution in [3.8, 4) is 11.5 Å². The lowest BCUT2D eigenvalue weighted by Gasteiger charge is -2.15. The highest BCUT2D eigenvalue weighted by Crippen LogP contribution is 2.37. The largest absolute Gasteiger partial charge is 0.490 e. The lowest BCUT2D eigenvalue weighted by Crippen LogP contribution is -2.01. The van der Waals surface area contributed by atoms with Gasteiger partial charge in [0.1, 0.15) is 6.61 Å². The number of hydrogen-bond donors (Lipinski definition) is 0. The van der Waals surface area contributed by atoms with Gasteiger partial charge < -0.3 is 9.47 Å². The molecule has 0 spiro atoms. The molecule has 3 aromatic rings. The highest BCUT2D eigenvalue weighted by molar-refractivity contribution is 6.32. The van der Waals surface area contributed by atoms with Crippen LogP contribution in [0.15, 0.2) is 65.7 Å². The van der Waals surface area contributed by atoms with Crippen molar-refractivity contribution >= 4 is 35.1 Å². The summed E-state index contributed by atoms with van der Waals surface area (Å²) in [5.74, 6) is 1.07. The number of halogens is 2. The molecule has 0 aliphatic heterocycles. The van der Waals surface area contributed by atoms with Crippen LogP contribution in [-0.4, -0.2) is 12.8 Å². The Morgan fingerprint density at radius 2 is 1.68 bits per heavy atom. The minimum Gasteiger partial charge on any atom is -0.490 e. The molecule has 0 fully saturated rings. The topological polar surface area (TPSA) is 30.8 Å². The van der Waals surface area contributed by atoms with Crippen LogP contribution in [0, 0.1) is 6.92 Å². The molecule has 0 radical (unpaired) electrons. The molecule has 144 valence electrons. The molecule has 0 aliphatic carbocycles. The molecule has 5 heteroatoms. The highest BCUT2D eigenvalue weighted by atomic mass is 35.5. The lowest BCUT2D eigenvalue weighted by molar-refractivity contribution is 0.269. The number of hydrogen-bond acceptors (Lipinski definition) is 3. The van der Waals surface area contributed by atoms with E-state index in [2.05, 4.69) is 4.99 Å². The van der Waals surface area contributed by atoms with Crippen molar-refractivity contribution in [2.75, 3.05) is 6.61 Å². The molecule has 3 aromatic carbocycles. The summed E-state index contributed by atoms with van der Waals surface area (Å²) in [6.07, 6.45) is 1.76. The Balaban J connectivity index is 1.83. The van der Waals surface area contributed by atoms with E-state index in [0.717, 1.165) is 16.8 Å². The first-order valence-electron chi connectivity index (χ1n) is 9.00. The van der Waals surface area contributed by atoms with Crippen LogP contribution in [-0.2, 0) is 6.61 Å². The van der Waals surface area contributed by atoms with Gasteiger partial charge in [0, 0.05) is 16.8 Å². The summed E-state index contributed by atoms with van der Waals surface area (Å²) in [7, 11) is 0. The molecule has 0 N–H and O–H groups in total. The van der Waals surface area contributed by atoms with Gasteiger partial charge in [-0.3, -0.25) is 4.99 Å². The summed E-state index contributed by atoms with van der Waals surface area (Å²) in [5.41, 5.74) is 3.78. The fraction of sp³-hybridized carbons (Fsp3) is 0.174. The summed E-state index contributed by atoms with van der Waals surface area (Å²) >= 11 is 12.7. The SMILES string of the molecule is CCOc1cc(C=Nc2ccc(C)cc2)cc(Cl)c1OCc1ccccc1Cl. The van der Waals surface area contributed by atoms with Crippen molar-refractivity contribution < 1.29 is 9.47 Å². The van der Waals surface area contributed by atoms with Crippen LogP contribution in [0.3, 0.4) is 0 Å². The molecule has 0 aliphatic rings. The van der Waals surface area contributed by atoms with E-state index in [9.17, 15) is 0 Å². The molecule has 0 saturated heterocycles. The lowest BCUT2D eigenvalue weighted by atomic mass is 10.2. The van der Waals surface area contributed by atoms with E-state index in [4.69, 9.17) is 32.7 Å². The minimum atomic E-state index is 0.302. The van der Waals surface area contributed by atoms with E-state index in [0.29, 0.717) is 34.8 Å². The summed E-state index contributed by atoms with van der Waals surface area (Å²) < 4.78 is 11.7. The van der Waals surface area contributed by atoms with Crippen molar-refractivity contribution in [2.24, 2.45) is 4.99 Å². The number of aliphatic imine (C=N–C) groups is 1. The first kappa shape index (κ1) is 20.2. The molecule has 28 heavy (non-hydrogen) atoms. The molecule has 0 unspecified atom stereocenters. The predicted molar refractivity (Wildman–Crippen MR) is 117 cm³/mol. The Hall–Kier alpha value is -2.49. The van der Waals surface area contributed by atoms with E-state index in [1.165, 1.54) is 5.56 Å². The second kappa shape index (κ2) is 9.63. The third-order valence-corrected chi connectivity index (χ3v) is 4.71. The van der Waals surface area contributed by atoms with Gasteiger partial charge in [0.15, 0.2) is 11.5 Å². The second-order valence-electron chi connectivity index (χ2n) is 6.24. The van der Waals surface area contributed by atoms with Gasteiger partial charge in [-0.2, -0.15) is 0 Å². The molecule has 3 rings (SSSR count). The third-order valence-electron chi connectivity index (χ3n) is 4.06. The van der Waals surface area contributed by atoms with Crippen molar-refractivity contribution in [3.63, 3.8) is 0 Å². The Labute approximate surface area is 175 Å². The van der Waals surface area contributed by atoms with Crippen molar-refractivity contribution in [1.82, 2.24) is 0 Å². The Morgan fingerprint density at radius 3 is 2.39 bits per heavy atom. The average molecular weight is 414 g/mol. The van der Waals surface area contributed by atoms with E-state index >= 15 is 0 Å². The first-order valence-corrected chi connectivity index (χ1v) is 9.75. The van der Waals surface area contributed by atoms with Gasteiger partial charge in [-0.05, 0) is 49.7 Å². The zero-order chi connectivity index (χ0) is 19.9. The Bertz CT molecular complexity index is 969. The quantitative estimate of drug-likeness (QED) is 0.389.